The molecule has 9 heteroatoms. The zero-order valence-electron chi connectivity index (χ0n) is 19.3. The van der Waals surface area contributed by atoms with Crippen molar-refractivity contribution < 1.29 is 22.8 Å². The van der Waals surface area contributed by atoms with E-state index in [4.69, 9.17) is 23.2 Å². The maximum Gasteiger partial charge on any atom is 0.471 e. The molecule has 0 atom stereocenters. The van der Waals surface area contributed by atoms with Gasteiger partial charge in [-0.15, -0.1) is 0 Å². The molecule has 1 aliphatic heterocycles. The van der Waals surface area contributed by atoms with Crippen LogP contribution in [0.2, 0.25) is 10.0 Å². The molecule has 0 aliphatic carbocycles. The molecule has 34 heavy (non-hydrogen) atoms. The first-order chi connectivity index (χ1) is 15.8. The van der Waals surface area contributed by atoms with Crippen LogP contribution in [0.15, 0.2) is 30.3 Å². The lowest BCUT2D eigenvalue weighted by atomic mass is 9.88. The van der Waals surface area contributed by atoms with Crippen LogP contribution < -0.4 is 5.32 Å². The number of carbonyl (C=O) groups is 2. The fourth-order valence-corrected chi connectivity index (χ4v) is 4.49. The Bertz CT molecular complexity index is 1090. The second-order valence-electron chi connectivity index (χ2n) is 9.67. The highest BCUT2D eigenvalue weighted by molar-refractivity contribution is 6.33. The second-order valence-corrected chi connectivity index (χ2v) is 10.5. The second kappa shape index (κ2) is 10.2. The number of Topliss-reactive ketones (excluding diaryl/α,β-unsaturated/α-hetero) is 1. The third-order valence-electron chi connectivity index (χ3n) is 5.69. The Morgan fingerprint density at radius 2 is 1.68 bits per heavy atom. The Hall–Kier alpha value is -2.25. The number of halogens is 5. The molecule has 2 aromatic rings. The summed E-state index contributed by atoms with van der Waals surface area (Å²) in [5.74, 6) is -1.81. The summed E-state index contributed by atoms with van der Waals surface area (Å²) >= 11 is 12.9. The number of nitrogens with zero attached hydrogens (tertiary/aromatic N) is 1. The van der Waals surface area contributed by atoms with Crippen molar-refractivity contribution in [1.82, 2.24) is 4.90 Å². The number of hydrogen-bond acceptors (Lipinski definition) is 3. The minimum absolute atomic E-state index is 0.0116. The highest BCUT2D eigenvalue weighted by Crippen LogP contribution is 2.33. The first-order valence-corrected chi connectivity index (χ1v) is 11.7. The third-order valence-corrected chi connectivity index (χ3v) is 6.36. The molecule has 4 nitrogen and oxygen atoms in total. The summed E-state index contributed by atoms with van der Waals surface area (Å²) in [5, 5.41) is 4.13. The van der Waals surface area contributed by atoms with E-state index in [1.165, 1.54) is 0 Å². The van der Waals surface area contributed by atoms with E-state index in [0.29, 0.717) is 40.7 Å². The Balaban J connectivity index is 1.76. The molecule has 0 radical (unpaired) electrons. The first kappa shape index (κ1) is 26.4. The lowest BCUT2D eigenvalue weighted by Gasteiger charge is -2.21. The predicted molar refractivity (Wildman–Crippen MR) is 129 cm³/mol. The van der Waals surface area contributed by atoms with E-state index in [9.17, 15) is 22.8 Å². The molecule has 0 fully saturated rings. The Morgan fingerprint density at radius 1 is 1.00 bits per heavy atom. The Kier molecular flexibility index (Phi) is 7.88. The number of rotatable bonds is 5. The van der Waals surface area contributed by atoms with Crippen LogP contribution in [-0.2, 0) is 24.2 Å². The van der Waals surface area contributed by atoms with E-state index < -0.39 is 12.1 Å². The minimum Gasteiger partial charge on any atom is -0.379 e. The van der Waals surface area contributed by atoms with Gasteiger partial charge in [0.2, 0.25) is 0 Å². The number of benzene rings is 2. The molecule has 3 rings (SSSR count). The quantitative estimate of drug-likeness (QED) is 0.450. The predicted octanol–water partition coefficient (Wildman–Crippen LogP) is 6.71. The molecule has 0 aromatic heterocycles. The van der Waals surface area contributed by atoms with Crippen molar-refractivity contribution >= 4 is 40.6 Å². The van der Waals surface area contributed by atoms with Gasteiger partial charge in [-0.05, 0) is 47.1 Å². The maximum absolute atomic E-state index is 12.9. The van der Waals surface area contributed by atoms with Crippen LogP contribution in [0.1, 0.15) is 54.2 Å². The molecule has 2 aromatic carbocycles. The van der Waals surface area contributed by atoms with Gasteiger partial charge < -0.3 is 10.2 Å². The van der Waals surface area contributed by atoms with E-state index >= 15 is 0 Å². The van der Waals surface area contributed by atoms with Crippen molar-refractivity contribution in [2.75, 3.05) is 18.4 Å². The molecular weight excluding hydrogens is 488 g/mol. The molecule has 1 amide bonds. The smallest absolute Gasteiger partial charge is 0.379 e. The third kappa shape index (κ3) is 6.45. The molecule has 1 heterocycles. The van der Waals surface area contributed by atoms with Gasteiger partial charge in [0.15, 0.2) is 5.78 Å². The van der Waals surface area contributed by atoms with Gasteiger partial charge in [0.05, 0.1) is 10.7 Å². The van der Waals surface area contributed by atoms with E-state index in [0.717, 1.165) is 21.6 Å². The van der Waals surface area contributed by atoms with Gasteiger partial charge >= 0.3 is 12.1 Å². The van der Waals surface area contributed by atoms with E-state index in [-0.39, 0.29) is 30.7 Å². The number of amides is 1. The van der Waals surface area contributed by atoms with Crippen molar-refractivity contribution in [1.29, 1.82) is 0 Å². The van der Waals surface area contributed by atoms with E-state index in [1.807, 2.05) is 20.8 Å². The number of carbonyl (C=O) groups excluding carboxylic acids is 2. The van der Waals surface area contributed by atoms with Crippen molar-refractivity contribution in [3.63, 3.8) is 0 Å². The summed E-state index contributed by atoms with van der Waals surface area (Å²) in [6, 6.07) is 8.66. The maximum atomic E-state index is 12.9. The van der Waals surface area contributed by atoms with Crippen molar-refractivity contribution in [3.05, 3.63) is 62.6 Å². The van der Waals surface area contributed by atoms with Crippen LogP contribution in [0.25, 0.3) is 0 Å². The molecule has 0 saturated heterocycles. The largest absolute Gasteiger partial charge is 0.471 e. The van der Waals surface area contributed by atoms with Crippen LogP contribution in [0, 0.1) is 5.41 Å². The zero-order chi connectivity index (χ0) is 25.3. The molecule has 184 valence electrons. The molecule has 0 saturated carbocycles. The highest BCUT2D eigenvalue weighted by atomic mass is 35.5. The topological polar surface area (TPSA) is 49.4 Å². The standard InChI is InChI=1S/C25H27Cl2F3N2O2/c1-24(2,3)13-21(33)16-4-5-17(20(27)12-16)14-31-22-18-9-11-32(23(34)25(28,29)30)10-8-15(18)6-7-19(22)26/h4-7,12,31H,8-11,13-14H2,1-3H3. The summed E-state index contributed by atoms with van der Waals surface area (Å²) < 4.78 is 38.7. The Morgan fingerprint density at radius 3 is 2.29 bits per heavy atom. The zero-order valence-corrected chi connectivity index (χ0v) is 20.8. The summed E-state index contributed by atoms with van der Waals surface area (Å²) in [4.78, 5) is 25.0. The number of alkyl halides is 3. The van der Waals surface area contributed by atoms with Crippen molar-refractivity contribution in [2.24, 2.45) is 5.41 Å². The number of anilines is 1. The molecular formula is C25H27Cl2F3N2O2. The summed E-state index contributed by atoms with van der Waals surface area (Å²) in [6.07, 6.45) is -3.95. The van der Waals surface area contributed by atoms with E-state index in [2.05, 4.69) is 5.32 Å². The molecule has 0 spiro atoms. The fourth-order valence-electron chi connectivity index (χ4n) is 4.00. The van der Waals surface area contributed by atoms with Crippen molar-refractivity contribution in [2.45, 2.75) is 52.8 Å². The van der Waals surface area contributed by atoms with Gasteiger partial charge in [-0.2, -0.15) is 13.2 Å². The lowest BCUT2D eigenvalue weighted by molar-refractivity contribution is -0.185. The summed E-state index contributed by atoms with van der Waals surface area (Å²) in [6.45, 7) is 6.24. The fraction of sp³-hybridized carbons (Fsp3) is 0.440. The average molecular weight is 515 g/mol. The lowest BCUT2D eigenvalue weighted by Crippen LogP contribution is -2.42. The SMILES string of the molecule is CC(C)(C)CC(=O)c1ccc(CNc2c(Cl)ccc3c2CCN(C(=O)C(F)(F)F)CC3)c(Cl)c1. The number of ketones is 1. The van der Waals surface area contributed by atoms with Gasteiger partial charge in [-0.25, -0.2) is 0 Å². The summed E-state index contributed by atoms with van der Waals surface area (Å²) in [7, 11) is 0. The molecule has 0 unspecified atom stereocenters. The van der Waals surface area contributed by atoms with Gasteiger partial charge in [0.1, 0.15) is 0 Å². The van der Waals surface area contributed by atoms with Gasteiger partial charge in [-0.1, -0.05) is 62.2 Å². The van der Waals surface area contributed by atoms with E-state index in [1.54, 1.807) is 30.3 Å². The normalized spacial score (nSPS) is 14.4. The molecule has 0 bridgehead atoms. The molecule has 1 aliphatic rings. The van der Waals surface area contributed by atoms with Crippen LogP contribution in [-0.4, -0.2) is 35.9 Å². The Labute approximate surface area is 207 Å². The number of nitrogens with one attached hydrogen (secondary N) is 1. The number of fused-ring (bicyclic) bond motifs is 1. The van der Waals surface area contributed by atoms with Crippen LogP contribution in [0.4, 0.5) is 18.9 Å². The van der Waals surface area contributed by atoms with Crippen molar-refractivity contribution in [3.8, 4) is 0 Å². The van der Waals surface area contributed by atoms with Crippen LogP contribution >= 0.6 is 23.2 Å². The first-order valence-electron chi connectivity index (χ1n) is 11.0. The van der Waals surface area contributed by atoms with Crippen LogP contribution in [0.5, 0.6) is 0 Å². The molecule has 1 N–H and O–H groups in total. The summed E-state index contributed by atoms with van der Waals surface area (Å²) in [5.41, 5.74) is 3.42. The van der Waals surface area contributed by atoms with Crippen LogP contribution in [0.3, 0.4) is 0 Å². The highest BCUT2D eigenvalue weighted by Gasteiger charge is 2.42. The number of hydrogen-bond donors (Lipinski definition) is 1. The van der Waals surface area contributed by atoms with Gasteiger partial charge in [0, 0.05) is 36.6 Å². The average Bonchev–Trinajstić information content (AvgIpc) is 2.94. The monoisotopic (exact) mass is 514 g/mol. The van der Waals surface area contributed by atoms with Gasteiger partial charge in [-0.3, -0.25) is 9.59 Å². The van der Waals surface area contributed by atoms with Gasteiger partial charge in [0.25, 0.3) is 0 Å². The minimum atomic E-state index is -4.90.